The van der Waals surface area contributed by atoms with E-state index in [2.05, 4.69) is 28.9 Å². The van der Waals surface area contributed by atoms with E-state index >= 15 is 0 Å². The first-order valence-electron chi connectivity index (χ1n) is 9.87. The molecule has 152 valence electrons. The molecule has 8 unspecified atom stereocenters. The molecule has 0 aromatic rings. The van der Waals surface area contributed by atoms with Gasteiger partial charge in [0, 0.05) is 26.6 Å². The second-order valence-electron chi connectivity index (χ2n) is 8.26. The molecule has 4 heterocycles. The largest absolute Gasteiger partial charge is 0.374 e. The molecular formula is C20H30BrNO5. The lowest BCUT2D eigenvalue weighted by atomic mass is 9.77. The zero-order chi connectivity index (χ0) is 19.1. The van der Waals surface area contributed by atoms with Gasteiger partial charge in [0.2, 0.25) is 0 Å². The monoisotopic (exact) mass is 443 g/mol. The van der Waals surface area contributed by atoms with Crippen LogP contribution in [0.3, 0.4) is 0 Å². The molecule has 8 atom stereocenters. The molecule has 27 heavy (non-hydrogen) atoms. The van der Waals surface area contributed by atoms with Crippen molar-refractivity contribution in [2.75, 3.05) is 13.7 Å². The van der Waals surface area contributed by atoms with Gasteiger partial charge < -0.3 is 29.4 Å². The van der Waals surface area contributed by atoms with Crippen molar-refractivity contribution in [2.24, 2.45) is 5.73 Å². The summed E-state index contributed by atoms with van der Waals surface area (Å²) in [6.07, 6.45) is 9.73. The van der Waals surface area contributed by atoms with E-state index in [9.17, 15) is 0 Å². The molecule has 0 spiro atoms. The SMILES string of the molecule is COC1C=CC2OC3(C)CC4(N)OCCCCC4OC3CC2OC1C=CBr. The van der Waals surface area contributed by atoms with E-state index in [1.807, 2.05) is 17.1 Å². The molecule has 4 aliphatic heterocycles. The summed E-state index contributed by atoms with van der Waals surface area (Å²) in [6, 6.07) is 0. The fraction of sp³-hybridized carbons (Fsp3) is 0.800. The van der Waals surface area contributed by atoms with Crippen LogP contribution in [0.25, 0.3) is 0 Å². The Bertz CT molecular complexity index is 601. The molecule has 0 aromatic carbocycles. The van der Waals surface area contributed by atoms with Crippen molar-refractivity contribution in [2.45, 2.75) is 87.0 Å². The average Bonchev–Trinajstić information content (AvgIpc) is 2.90. The van der Waals surface area contributed by atoms with Crippen molar-refractivity contribution in [3.05, 3.63) is 23.2 Å². The van der Waals surface area contributed by atoms with Crippen molar-refractivity contribution in [1.82, 2.24) is 0 Å². The second kappa shape index (κ2) is 7.86. The number of fused-ring (bicyclic) bond motifs is 3. The molecular weight excluding hydrogens is 414 g/mol. The molecule has 4 aliphatic rings. The summed E-state index contributed by atoms with van der Waals surface area (Å²) >= 11 is 3.35. The Morgan fingerprint density at radius 1 is 1.22 bits per heavy atom. The number of hydrogen-bond acceptors (Lipinski definition) is 6. The van der Waals surface area contributed by atoms with Gasteiger partial charge in [-0.1, -0.05) is 28.1 Å². The maximum absolute atomic E-state index is 6.65. The van der Waals surface area contributed by atoms with Crippen molar-refractivity contribution < 1.29 is 23.7 Å². The third kappa shape index (κ3) is 3.80. The van der Waals surface area contributed by atoms with Gasteiger partial charge in [-0.15, -0.1) is 0 Å². The Morgan fingerprint density at radius 3 is 2.85 bits per heavy atom. The van der Waals surface area contributed by atoms with Crippen LogP contribution in [0.5, 0.6) is 0 Å². The molecule has 4 rings (SSSR count). The Balaban J connectivity index is 1.57. The number of rotatable bonds is 2. The first kappa shape index (κ1) is 20.0. The number of halogens is 1. The Hall–Kier alpha value is -0.280. The van der Waals surface area contributed by atoms with E-state index in [4.69, 9.17) is 29.4 Å². The van der Waals surface area contributed by atoms with E-state index in [0.717, 1.165) is 25.7 Å². The Kier molecular flexibility index (Phi) is 5.82. The van der Waals surface area contributed by atoms with Crippen LogP contribution in [0, 0.1) is 0 Å². The minimum atomic E-state index is -0.778. The molecule has 6 nitrogen and oxygen atoms in total. The molecule has 0 aromatic heterocycles. The zero-order valence-electron chi connectivity index (χ0n) is 16.0. The molecule has 3 fully saturated rings. The molecule has 0 amide bonds. The molecule has 0 radical (unpaired) electrons. The van der Waals surface area contributed by atoms with Crippen LogP contribution in [0.1, 0.15) is 39.0 Å². The zero-order valence-corrected chi connectivity index (χ0v) is 17.6. The third-order valence-corrected chi connectivity index (χ3v) is 6.62. The Morgan fingerprint density at radius 2 is 2.07 bits per heavy atom. The predicted octanol–water partition coefficient (Wildman–Crippen LogP) is 2.79. The van der Waals surface area contributed by atoms with E-state index in [0.29, 0.717) is 13.0 Å². The number of ether oxygens (including phenoxy) is 5. The highest BCUT2D eigenvalue weighted by Crippen LogP contribution is 2.46. The summed E-state index contributed by atoms with van der Waals surface area (Å²) in [6.45, 7) is 2.78. The van der Waals surface area contributed by atoms with Crippen molar-refractivity contribution >= 4 is 15.9 Å². The molecule has 0 aliphatic carbocycles. The lowest BCUT2D eigenvalue weighted by Gasteiger charge is -2.56. The normalized spacial score (nSPS) is 50.4. The molecule has 7 heteroatoms. The van der Waals surface area contributed by atoms with Crippen LogP contribution >= 0.6 is 15.9 Å². The summed E-state index contributed by atoms with van der Waals surface area (Å²) in [5.41, 5.74) is 5.37. The van der Waals surface area contributed by atoms with E-state index in [-0.39, 0.29) is 36.6 Å². The van der Waals surface area contributed by atoms with Gasteiger partial charge >= 0.3 is 0 Å². The number of nitrogens with two attached hydrogens (primary N) is 1. The van der Waals surface area contributed by atoms with Gasteiger partial charge in [0.25, 0.3) is 0 Å². The van der Waals surface area contributed by atoms with Crippen LogP contribution in [-0.4, -0.2) is 61.7 Å². The second-order valence-corrected chi connectivity index (χ2v) is 8.79. The predicted molar refractivity (Wildman–Crippen MR) is 105 cm³/mol. The maximum Gasteiger partial charge on any atom is 0.145 e. The van der Waals surface area contributed by atoms with Crippen molar-refractivity contribution in [3.8, 4) is 0 Å². The minimum Gasteiger partial charge on any atom is -0.374 e. The van der Waals surface area contributed by atoms with Gasteiger partial charge in [-0.05, 0) is 37.2 Å². The van der Waals surface area contributed by atoms with Crippen LogP contribution in [0.15, 0.2) is 23.2 Å². The minimum absolute atomic E-state index is 0.0665. The van der Waals surface area contributed by atoms with E-state index in [1.54, 1.807) is 7.11 Å². The van der Waals surface area contributed by atoms with E-state index in [1.165, 1.54) is 0 Å². The summed E-state index contributed by atoms with van der Waals surface area (Å²) < 4.78 is 31.0. The molecule has 2 N–H and O–H groups in total. The Labute approximate surface area is 169 Å². The van der Waals surface area contributed by atoms with Gasteiger partial charge in [-0.2, -0.15) is 0 Å². The third-order valence-electron chi connectivity index (χ3n) is 6.31. The fourth-order valence-corrected chi connectivity index (χ4v) is 5.18. The van der Waals surface area contributed by atoms with Gasteiger partial charge in [-0.25, -0.2) is 0 Å². The standard InChI is InChI=1S/C20H30BrNO5/c1-19-12-20(22)17(5-3-4-10-24-20)26-18(19)11-16-15(27-19)7-6-13(23-2)14(25-16)8-9-21/h6-9,13-18H,3-5,10-12,22H2,1-2H3. The molecule has 0 bridgehead atoms. The van der Waals surface area contributed by atoms with Crippen LogP contribution < -0.4 is 5.73 Å². The van der Waals surface area contributed by atoms with Crippen LogP contribution in [0.4, 0.5) is 0 Å². The molecule has 0 saturated carbocycles. The quantitative estimate of drug-likeness (QED) is 0.661. The first-order chi connectivity index (χ1) is 13.0. The highest BCUT2D eigenvalue weighted by molar-refractivity contribution is 9.11. The highest BCUT2D eigenvalue weighted by Gasteiger charge is 2.58. The van der Waals surface area contributed by atoms with Gasteiger partial charge in [0.15, 0.2) is 0 Å². The number of methoxy groups -OCH3 is 1. The summed E-state index contributed by atoms with van der Waals surface area (Å²) in [4.78, 5) is 1.81. The van der Waals surface area contributed by atoms with Crippen LogP contribution in [-0.2, 0) is 23.7 Å². The smallest absolute Gasteiger partial charge is 0.145 e. The van der Waals surface area contributed by atoms with Gasteiger partial charge in [-0.3, -0.25) is 0 Å². The summed E-state index contributed by atoms with van der Waals surface area (Å²) in [5.74, 6) is 0. The number of hydrogen-bond donors (Lipinski definition) is 1. The topological polar surface area (TPSA) is 72.2 Å². The fourth-order valence-electron chi connectivity index (χ4n) is 4.88. The lowest BCUT2D eigenvalue weighted by Crippen LogP contribution is -2.69. The van der Waals surface area contributed by atoms with Gasteiger partial charge in [0.05, 0.1) is 17.8 Å². The van der Waals surface area contributed by atoms with Crippen LogP contribution in [0.2, 0.25) is 0 Å². The summed E-state index contributed by atoms with van der Waals surface area (Å²) in [7, 11) is 1.69. The first-order valence-corrected chi connectivity index (χ1v) is 10.8. The highest BCUT2D eigenvalue weighted by atomic mass is 79.9. The molecule has 3 saturated heterocycles. The van der Waals surface area contributed by atoms with E-state index < -0.39 is 11.3 Å². The average molecular weight is 444 g/mol. The summed E-state index contributed by atoms with van der Waals surface area (Å²) in [5, 5.41) is 0. The van der Waals surface area contributed by atoms with Crippen molar-refractivity contribution in [3.63, 3.8) is 0 Å². The maximum atomic E-state index is 6.65. The van der Waals surface area contributed by atoms with Crippen molar-refractivity contribution in [1.29, 1.82) is 0 Å². The lowest BCUT2D eigenvalue weighted by molar-refractivity contribution is -0.311. The van der Waals surface area contributed by atoms with Gasteiger partial charge in [0.1, 0.15) is 30.1 Å².